The normalized spacial score (nSPS) is 17.6. The highest BCUT2D eigenvalue weighted by Gasteiger charge is 2.24. The van der Waals surface area contributed by atoms with E-state index in [9.17, 15) is 4.79 Å². The lowest BCUT2D eigenvalue weighted by Gasteiger charge is -2.19. The lowest BCUT2D eigenvalue weighted by molar-refractivity contribution is -0.121. The summed E-state index contributed by atoms with van der Waals surface area (Å²) in [4.78, 5) is 30.1. The SMILES string of the molecule is CC(C(=O)C(C)c1ccc(C(=CC2CCCC2)c2cc3cccnc3[nH]2)cc1)c1ccc(C(=CC2CCCC2)c2cc3cccnc3[nH]2)cc1. The molecule has 0 spiro atoms. The van der Waals surface area contributed by atoms with Crippen LogP contribution in [0.4, 0.5) is 0 Å². The maximum absolute atomic E-state index is 13.9. The number of hydrogen-bond donors (Lipinski definition) is 2. The average Bonchev–Trinajstić information content (AvgIpc) is 3.99. The first-order valence-electron chi connectivity index (χ1n) is 18.6. The standard InChI is InChI=1S/C45H46N4O/c1-29(33-15-19-35(20-16-33)39(25-31-9-3-4-10-31)41-27-37-13-7-23-46-44(37)48-41)43(50)30(2)34-17-21-36(22-18-34)40(26-32-11-5-6-12-32)42-28-38-14-8-24-47-45(38)49-42/h7-8,13-32H,3-6,9-12H2,1-2H3,(H,46,48)(H,47,49). The summed E-state index contributed by atoms with van der Waals surface area (Å²) in [5.41, 5.74) is 10.9. The van der Waals surface area contributed by atoms with Crippen molar-refractivity contribution in [2.45, 2.75) is 77.0 Å². The zero-order chi connectivity index (χ0) is 34.0. The second kappa shape index (κ2) is 14.1. The Morgan fingerprint density at radius 2 is 1.02 bits per heavy atom. The number of carbonyl (C=O) groups is 1. The molecule has 2 aliphatic rings. The summed E-state index contributed by atoms with van der Waals surface area (Å²) in [6, 6.07) is 29.9. The molecule has 2 aromatic carbocycles. The van der Waals surface area contributed by atoms with E-state index in [4.69, 9.17) is 0 Å². The molecule has 0 amide bonds. The Labute approximate surface area is 295 Å². The predicted molar refractivity (Wildman–Crippen MR) is 205 cm³/mol. The molecule has 4 aromatic heterocycles. The molecule has 2 fully saturated rings. The number of ketones is 1. The average molecular weight is 659 g/mol. The van der Waals surface area contributed by atoms with Crippen LogP contribution in [0, 0.1) is 11.8 Å². The summed E-state index contributed by atoms with van der Waals surface area (Å²) in [5.74, 6) is 0.984. The number of benzene rings is 2. The van der Waals surface area contributed by atoms with Gasteiger partial charge in [-0.1, -0.05) is 100 Å². The van der Waals surface area contributed by atoms with E-state index in [1.54, 1.807) is 0 Å². The number of pyridine rings is 2. The van der Waals surface area contributed by atoms with Crippen LogP contribution in [0.1, 0.15) is 111 Å². The fourth-order valence-corrected chi connectivity index (χ4v) is 8.21. The zero-order valence-corrected chi connectivity index (χ0v) is 29.2. The molecule has 4 heterocycles. The first kappa shape index (κ1) is 32.2. The van der Waals surface area contributed by atoms with Gasteiger partial charge in [0.2, 0.25) is 0 Å². The maximum atomic E-state index is 13.9. The highest BCUT2D eigenvalue weighted by atomic mass is 16.1. The number of aromatic nitrogens is 4. The number of fused-ring (bicyclic) bond motifs is 2. The Hall–Kier alpha value is -5.03. The molecule has 0 saturated heterocycles. The van der Waals surface area contributed by atoms with Gasteiger partial charge in [0.25, 0.3) is 0 Å². The van der Waals surface area contributed by atoms with Gasteiger partial charge in [0, 0.05) is 57.5 Å². The van der Waals surface area contributed by atoms with E-state index in [-0.39, 0.29) is 17.6 Å². The molecule has 2 aliphatic carbocycles. The van der Waals surface area contributed by atoms with Crippen molar-refractivity contribution in [3.05, 3.63) is 143 Å². The van der Waals surface area contributed by atoms with Crippen LogP contribution in [0.15, 0.2) is 109 Å². The topological polar surface area (TPSA) is 74.4 Å². The molecule has 2 N–H and O–H groups in total. The second-order valence-corrected chi connectivity index (χ2v) is 14.6. The Bertz CT molecular complexity index is 1950. The van der Waals surface area contributed by atoms with Crippen molar-refractivity contribution in [2.24, 2.45) is 11.8 Å². The number of nitrogens with one attached hydrogen (secondary N) is 2. The Morgan fingerprint density at radius 1 is 0.620 bits per heavy atom. The highest BCUT2D eigenvalue weighted by molar-refractivity contribution is 5.92. The Kier molecular flexibility index (Phi) is 9.06. The third kappa shape index (κ3) is 6.61. The number of allylic oxidation sites excluding steroid dienone is 2. The first-order valence-corrected chi connectivity index (χ1v) is 18.6. The van der Waals surface area contributed by atoms with Gasteiger partial charge in [0.15, 0.2) is 0 Å². The lowest BCUT2D eigenvalue weighted by atomic mass is 9.84. The third-order valence-corrected chi connectivity index (χ3v) is 11.3. The maximum Gasteiger partial charge on any atom is 0.147 e. The predicted octanol–water partition coefficient (Wildman–Crippen LogP) is 11.2. The van der Waals surface area contributed by atoms with E-state index >= 15 is 0 Å². The van der Waals surface area contributed by atoms with Crippen molar-refractivity contribution >= 4 is 39.0 Å². The molecule has 6 aromatic rings. The van der Waals surface area contributed by atoms with Gasteiger partial charge in [0.05, 0.1) is 0 Å². The van der Waals surface area contributed by atoms with E-state index in [1.807, 2.05) is 38.4 Å². The van der Waals surface area contributed by atoms with Crippen LogP contribution in [0.5, 0.6) is 0 Å². The van der Waals surface area contributed by atoms with Crippen molar-refractivity contribution in [3.63, 3.8) is 0 Å². The van der Waals surface area contributed by atoms with Crippen molar-refractivity contribution in [1.29, 1.82) is 0 Å². The highest BCUT2D eigenvalue weighted by Crippen LogP contribution is 2.36. The number of hydrogen-bond acceptors (Lipinski definition) is 3. The summed E-state index contributed by atoms with van der Waals surface area (Å²) in [5, 5.41) is 2.24. The minimum atomic E-state index is -0.213. The molecule has 2 unspecified atom stereocenters. The summed E-state index contributed by atoms with van der Waals surface area (Å²) in [6.45, 7) is 4.10. The van der Waals surface area contributed by atoms with Crippen LogP contribution in [-0.2, 0) is 4.79 Å². The minimum absolute atomic E-state index is 0.213. The summed E-state index contributed by atoms with van der Waals surface area (Å²) in [7, 11) is 0. The Balaban J connectivity index is 1.02. The number of carbonyl (C=O) groups excluding carboxylic acids is 1. The molecule has 2 atom stereocenters. The molecule has 2 saturated carbocycles. The largest absolute Gasteiger partial charge is 0.339 e. The molecule has 0 radical (unpaired) electrons. The quantitative estimate of drug-likeness (QED) is 0.154. The van der Waals surface area contributed by atoms with Crippen LogP contribution in [-0.4, -0.2) is 25.7 Å². The fourth-order valence-electron chi connectivity index (χ4n) is 8.21. The van der Waals surface area contributed by atoms with E-state index in [0.717, 1.165) is 44.6 Å². The summed E-state index contributed by atoms with van der Waals surface area (Å²) < 4.78 is 0. The van der Waals surface area contributed by atoms with Crippen LogP contribution >= 0.6 is 0 Å². The van der Waals surface area contributed by atoms with E-state index in [0.29, 0.717) is 11.8 Å². The number of H-pyrrole nitrogens is 2. The molecule has 0 aliphatic heterocycles. The van der Waals surface area contributed by atoms with Gasteiger partial charge in [-0.2, -0.15) is 0 Å². The van der Waals surface area contributed by atoms with Crippen molar-refractivity contribution < 1.29 is 4.79 Å². The van der Waals surface area contributed by atoms with Gasteiger partial charge in [0.1, 0.15) is 17.1 Å². The van der Waals surface area contributed by atoms with E-state index < -0.39 is 0 Å². The zero-order valence-electron chi connectivity index (χ0n) is 29.2. The van der Waals surface area contributed by atoms with Gasteiger partial charge < -0.3 is 9.97 Å². The van der Waals surface area contributed by atoms with Crippen molar-refractivity contribution in [2.75, 3.05) is 0 Å². The van der Waals surface area contributed by atoms with Gasteiger partial charge in [-0.3, -0.25) is 4.79 Å². The third-order valence-electron chi connectivity index (χ3n) is 11.3. The smallest absolute Gasteiger partial charge is 0.147 e. The summed E-state index contributed by atoms with van der Waals surface area (Å²) in [6.07, 6.45) is 18.7. The number of Topliss-reactive ketones (excluding diaryl/α,β-unsaturated/α-hetero) is 1. The van der Waals surface area contributed by atoms with E-state index in [2.05, 4.69) is 105 Å². The molecule has 50 heavy (non-hydrogen) atoms. The molecular weight excluding hydrogens is 613 g/mol. The molecule has 5 heteroatoms. The van der Waals surface area contributed by atoms with Crippen molar-refractivity contribution in [3.8, 4) is 0 Å². The molecule has 0 bridgehead atoms. The number of nitrogens with zero attached hydrogens (tertiary/aromatic N) is 2. The van der Waals surface area contributed by atoms with Crippen LogP contribution in [0.25, 0.3) is 33.2 Å². The number of rotatable bonds is 10. The van der Waals surface area contributed by atoms with E-state index in [1.165, 1.54) is 73.6 Å². The number of aromatic amines is 2. The monoisotopic (exact) mass is 658 g/mol. The molecular formula is C45H46N4O. The van der Waals surface area contributed by atoms with Gasteiger partial charge in [-0.05, 0) is 96.2 Å². The van der Waals surface area contributed by atoms with Gasteiger partial charge >= 0.3 is 0 Å². The first-order chi connectivity index (χ1) is 24.5. The molecule has 5 nitrogen and oxygen atoms in total. The van der Waals surface area contributed by atoms with Gasteiger partial charge in [-0.15, -0.1) is 0 Å². The van der Waals surface area contributed by atoms with Gasteiger partial charge in [-0.25, -0.2) is 9.97 Å². The Morgan fingerprint density at radius 3 is 1.40 bits per heavy atom. The minimum Gasteiger partial charge on any atom is -0.339 e. The van der Waals surface area contributed by atoms with Crippen LogP contribution in [0.2, 0.25) is 0 Å². The van der Waals surface area contributed by atoms with Crippen LogP contribution in [0.3, 0.4) is 0 Å². The van der Waals surface area contributed by atoms with Crippen LogP contribution < -0.4 is 0 Å². The summed E-state index contributed by atoms with van der Waals surface area (Å²) >= 11 is 0. The molecule has 8 rings (SSSR count). The molecule has 252 valence electrons. The lowest BCUT2D eigenvalue weighted by Crippen LogP contribution is -2.16. The van der Waals surface area contributed by atoms with Crippen molar-refractivity contribution in [1.82, 2.24) is 19.9 Å². The second-order valence-electron chi connectivity index (χ2n) is 14.6. The fraction of sp³-hybridized carbons (Fsp3) is 0.311.